The van der Waals surface area contributed by atoms with E-state index in [-0.39, 0.29) is 18.3 Å². The second kappa shape index (κ2) is 7.11. The average Bonchev–Trinajstić information content (AvgIpc) is 3.17. The number of hydrogen-bond donors (Lipinski definition) is 1. The molecule has 0 saturated carbocycles. The molecule has 130 valence electrons. The minimum Gasteiger partial charge on any atom is -0.462 e. The first-order chi connectivity index (χ1) is 12.0. The van der Waals surface area contributed by atoms with Gasteiger partial charge in [-0.2, -0.15) is 0 Å². The molecule has 1 amide bonds. The van der Waals surface area contributed by atoms with Crippen molar-refractivity contribution in [2.75, 3.05) is 11.9 Å². The van der Waals surface area contributed by atoms with Gasteiger partial charge in [-0.3, -0.25) is 4.79 Å². The highest BCUT2D eigenvalue weighted by molar-refractivity contribution is 7.16. The van der Waals surface area contributed by atoms with Crippen LogP contribution in [0.1, 0.15) is 45.2 Å². The smallest absolute Gasteiger partial charge is 0.341 e. The van der Waals surface area contributed by atoms with Crippen LogP contribution in [0.3, 0.4) is 0 Å². The largest absolute Gasteiger partial charge is 0.462 e. The van der Waals surface area contributed by atoms with Crippen LogP contribution in [-0.4, -0.2) is 18.5 Å². The maximum Gasteiger partial charge on any atom is 0.341 e. The third kappa shape index (κ3) is 3.30. The molecule has 0 radical (unpaired) electrons. The molecule has 0 spiro atoms. The van der Waals surface area contributed by atoms with E-state index in [1.165, 1.54) is 11.3 Å². The Morgan fingerprint density at radius 2 is 2.00 bits per heavy atom. The van der Waals surface area contributed by atoms with Crippen LogP contribution in [0, 0.1) is 6.92 Å². The minimum absolute atomic E-state index is 0.252. The SMILES string of the molecule is CCOC(=O)c1cc(CC)sc1NC(=O)c1oc2ccccc2c1C. The van der Waals surface area contributed by atoms with Crippen LogP contribution in [0.15, 0.2) is 34.7 Å². The molecular weight excluding hydrogens is 338 g/mol. The van der Waals surface area contributed by atoms with E-state index in [0.717, 1.165) is 22.2 Å². The molecule has 1 aromatic carbocycles. The van der Waals surface area contributed by atoms with Gasteiger partial charge in [0.2, 0.25) is 0 Å². The van der Waals surface area contributed by atoms with Crippen LogP contribution < -0.4 is 5.32 Å². The molecule has 0 saturated heterocycles. The molecule has 2 heterocycles. The quantitative estimate of drug-likeness (QED) is 0.666. The van der Waals surface area contributed by atoms with Crippen molar-refractivity contribution in [1.82, 2.24) is 0 Å². The fourth-order valence-electron chi connectivity index (χ4n) is 2.62. The highest BCUT2D eigenvalue weighted by atomic mass is 32.1. The Morgan fingerprint density at radius 1 is 1.24 bits per heavy atom. The van der Waals surface area contributed by atoms with Gasteiger partial charge >= 0.3 is 5.97 Å². The van der Waals surface area contributed by atoms with Gasteiger partial charge in [0.1, 0.15) is 10.6 Å². The van der Waals surface area contributed by atoms with Gasteiger partial charge in [0.25, 0.3) is 5.91 Å². The summed E-state index contributed by atoms with van der Waals surface area (Å²) in [6.07, 6.45) is 0.774. The molecule has 0 aliphatic heterocycles. The van der Waals surface area contributed by atoms with Crippen molar-refractivity contribution in [1.29, 1.82) is 0 Å². The van der Waals surface area contributed by atoms with Gasteiger partial charge in [-0.1, -0.05) is 25.1 Å². The average molecular weight is 357 g/mol. The van der Waals surface area contributed by atoms with E-state index in [2.05, 4.69) is 5.32 Å². The zero-order chi connectivity index (χ0) is 18.0. The number of rotatable bonds is 5. The number of aryl methyl sites for hydroxylation is 2. The van der Waals surface area contributed by atoms with Crippen LogP contribution in [0.25, 0.3) is 11.0 Å². The number of fused-ring (bicyclic) bond motifs is 1. The summed E-state index contributed by atoms with van der Waals surface area (Å²) < 4.78 is 10.8. The first kappa shape index (κ1) is 17.2. The number of anilines is 1. The standard InChI is InChI=1S/C19H19NO4S/c1-4-12-10-14(19(22)23-5-2)18(25-12)20-17(21)16-11(3)13-8-6-7-9-15(13)24-16/h6-10H,4-5H2,1-3H3,(H,20,21). The molecule has 25 heavy (non-hydrogen) atoms. The second-order valence-corrected chi connectivity index (χ2v) is 6.67. The third-order valence-electron chi connectivity index (χ3n) is 3.90. The fraction of sp³-hybridized carbons (Fsp3) is 0.263. The topological polar surface area (TPSA) is 68.5 Å². The summed E-state index contributed by atoms with van der Waals surface area (Å²) in [4.78, 5) is 25.8. The van der Waals surface area contributed by atoms with Crippen molar-refractivity contribution in [2.24, 2.45) is 0 Å². The Kier molecular flexibility index (Phi) is 4.90. The monoisotopic (exact) mass is 357 g/mol. The number of carbonyl (C=O) groups is 2. The lowest BCUT2D eigenvalue weighted by Gasteiger charge is -2.05. The van der Waals surface area contributed by atoms with Gasteiger partial charge < -0.3 is 14.5 Å². The molecule has 0 atom stereocenters. The molecule has 5 nitrogen and oxygen atoms in total. The summed E-state index contributed by atoms with van der Waals surface area (Å²) in [7, 11) is 0. The van der Waals surface area contributed by atoms with Crippen molar-refractivity contribution < 1.29 is 18.7 Å². The van der Waals surface area contributed by atoms with E-state index >= 15 is 0 Å². The van der Waals surface area contributed by atoms with E-state index in [4.69, 9.17) is 9.15 Å². The zero-order valence-corrected chi connectivity index (χ0v) is 15.2. The number of ether oxygens (including phenoxy) is 1. The highest BCUT2D eigenvalue weighted by Gasteiger charge is 2.22. The Balaban J connectivity index is 1.93. The van der Waals surface area contributed by atoms with Crippen LogP contribution in [0.5, 0.6) is 0 Å². The fourth-order valence-corrected chi connectivity index (χ4v) is 3.60. The predicted octanol–water partition coefficient (Wildman–Crippen LogP) is 4.79. The summed E-state index contributed by atoms with van der Waals surface area (Å²) in [5, 5.41) is 4.20. The molecule has 0 bridgehead atoms. The van der Waals surface area contributed by atoms with Crippen LogP contribution >= 0.6 is 11.3 Å². The number of esters is 1. The van der Waals surface area contributed by atoms with Crippen LogP contribution in [-0.2, 0) is 11.2 Å². The molecule has 2 aromatic heterocycles. The molecule has 6 heteroatoms. The van der Waals surface area contributed by atoms with Crippen molar-refractivity contribution >= 4 is 39.2 Å². The van der Waals surface area contributed by atoms with Crippen molar-refractivity contribution in [2.45, 2.75) is 27.2 Å². The van der Waals surface area contributed by atoms with E-state index in [1.54, 1.807) is 13.0 Å². The second-order valence-electron chi connectivity index (χ2n) is 5.54. The lowest BCUT2D eigenvalue weighted by atomic mass is 10.1. The summed E-state index contributed by atoms with van der Waals surface area (Å²) in [5.74, 6) is -0.554. The Bertz CT molecular complexity index is 938. The van der Waals surface area contributed by atoms with Gasteiger partial charge in [-0.05, 0) is 32.4 Å². The number of hydrogen-bond acceptors (Lipinski definition) is 5. The molecule has 0 unspecified atom stereocenters. The first-order valence-corrected chi connectivity index (χ1v) is 8.96. The van der Waals surface area contributed by atoms with Gasteiger partial charge in [0.15, 0.2) is 5.76 Å². The number of furan rings is 1. The van der Waals surface area contributed by atoms with E-state index in [1.807, 2.05) is 38.1 Å². The van der Waals surface area contributed by atoms with Crippen molar-refractivity contribution in [3.8, 4) is 0 Å². The van der Waals surface area contributed by atoms with Gasteiger partial charge in [-0.25, -0.2) is 4.79 Å². The molecule has 3 aromatic rings. The van der Waals surface area contributed by atoms with Gasteiger partial charge in [-0.15, -0.1) is 11.3 Å². The molecule has 0 aliphatic rings. The Hall–Kier alpha value is -2.60. The number of nitrogens with one attached hydrogen (secondary N) is 1. The maximum atomic E-state index is 12.7. The van der Waals surface area contributed by atoms with Gasteiger partial charge in [0, 0.05) is 15.8 Å². The lowest BCUT2D eigenvalue weighted by molar-refractivity contribution is 0.0528. The maximum absolute atomic E-state index is 12.7. The van der Waals surface area contributed by atoms with E-state index < -0.39 is 5.97 Å². The zero-order valence-electron chi connectivity index (χ0n) is 14.3. The summed E-state index contributed by atoms with van der Waals surface area (Å²) in [5.41, 5.74) is 1.82. The van der Waals surface area contributed by atoms with Crippen LogP contribution in [0.2, 0.25) is 0 Å². The molecular formula is C19H19NO4S. The predicted molar refractivity (Wildman–Crippen MR) is 98.6 cm³/mol. The van der Waals surface area contributed by atoms with Crippen molar-refractivity contribution in [3.05, 3.63) is 52.1 Å². The minimum atomic E-state index is -0.435. The Morgan fingerprint density at radius 3 is 2.68 bits per heavy atom. The van der Waals surface area contributed by atoms with E-state index in [0.29, 0.717) is 16.1 Å². The number of benzene rings is 1. The normalized spacial score (nSPS) is 10.8. The van der Waals surface area contributed by atoms with E-state index in [9.17, 15) is 9.59 Å². The number of thiophene rings is 1. The molecule has 1 N–H and O–H groups in total. The first-order valence-electron chi connectivity index (χ1n) is 8.14. The third-order valence-corrected chi connectivity index (χ3v) is 5.10. The van der Waals surface area contributed by atoms with Crippen molar-refractivity contribution in [3.63, 3.8) is 0 Å². The Labute approximate surface area is 149 Å². The number of carbonyl (C=O) groups excluding carboxylic acids is 2. The summed E-state index contributed by atoms with van der Waals surface area (Å²) in [6.45, 7) is 5.88. The molecule has 0 aliphatic carbocycles. The molecule has 0 fully saturated rings. The lowest BCUT2D eigenvalue weighted by Crippen LogP contribution is -2.14. The number of para-hydroxylation sites is 1. The number of amides is 1. The summed E-state index contributed by atoms with van der Waals surface area (Å²) in [6, 6.07) is 9.26. The molecule has 3 rings (SSSR count). The highest BCUT2D eigenvalue weighted by Crippen LogP contribution is 2.31. The van der Waals surface area contributed by atoms with Crippen LogP contribution in [0.4, 0.5) is 5.00 Å². The van der Waals surface area contributed by atoms with Gasteiger partial charge in [0.05, 0.1) is 12.2 Å². The summed E-state index contributed by atoms with van der Waals surface area (Å²) >= 11 is 1.37.